The minimum absolute atomic E-state index is 0.0179. The van der Waals surface area contributed by atoms with Gasteiger partial charge in [-0.2, -0.15) is 0 Å². The van der Waals surface area contributed by atoms with Crippen LogP contribution in [0.25, 0.3) is 0 Å². The van der Waals surface area contributed by atoms with Crippen molar-refractivity contribution in [1.82, 2.24) is 0 Å². The van der Waals surface area contributed by atoms with Crippen molar-refractivity contribution in [1.29, 1.82) is 0 Å². The Morgan fingerprint density at radius 3 is 2.56 bits per heavy atom. The van der Waals surface area contributed by atoms with E-state index in [1.165, 1.54) is 5.57 Å². The van der Waals surface area contributed by atoms with Gasteiger partial charge in [0.1, 0.15) is 5.78 Å². The predicted molar refractivity (Wildman–Crippen MR) is 110 cm³/mol. The third-order valence-corrected chi connectivity index (χ3v) is 9.63. The van der Waals surface area contributed by atoms with Gasteiger partial charge in [-0.05, 0) is 81.5 Å². The summed E-state index contributed by atoms with van der Waals surface area (Å²) in [5, 5.41) is 0. The molecule has 4 aliphatic carbocycles. The normalized spacial score (nSPS) is 44.4. The van der Waals surface area contributed by atoms with E-state index in [4.69, 9.17) is 4.43 Å². The van der Waals surface area contributed by atoms with Crippen LogP contribution in [0.2, 0.25) is 19.6 Å². The van der Waals surface area contributed by atoms with Gasteiger partial charge in [-0.25, -0.2) is 0 Å². The number of carbonyl (C=O) groups is 2. The minimum atomic E-state index is -1.64. The van der Waals surface area contributed by atoms with E-state index in [9.17, 15) is 9.59 Å². The lowest BCUT2D eigenvalue weighted by atomic mass is 9.45. The standard InChI is InChI=1S/C23H36O3Si/c1-15-12-17(24)13-16-6-7-18-19-8-9-21(25)22(19,2)11-10-20(18)23(15,16)14-26-27(3,4)5/h13,15,18-20H,6-12,14H2,1-5H3/t15?,18-,19-,20+,22-,23-/m0/s1. The molecule has 0 spiro atoms. The smallest absolute Gasteiger partial charge is 0.183 e. The van der Waals surface area contributed by atoms with Crippen LogP contribution >= 0.6 is 0 Å². The van der Waals surface area contributed by atoms with Gasteiger partial charge in [0.05, 0.1) is 0 Å². The van der Waals surface area contributed by atoms with E-state index in [-0.39, 0.29) is 10.8 Å². The Hall–Kier alpha value is -0.743. The molecule has 0 aliphatic heterocycles. The summed E-state index contributed by atoms with van der Waals surface area (Å²) in [6.07, 6.45) is 8.81. The number of hydrogen-bond donors (Lipinski definition) is 0. The van der Waals surface area contributed by atoms with Crippen molar-refractivity contribution in [2.45, 2.75) is 78.4 Å². The van der Waals surface area contributed by atoms with Crippen LogP contribution in [0.4, 0.5) is 0 Å². The molecule has 3 fully saturated rings. The van der Waals surface area contributed by atoms with E-state index >= 15 is 0 Å². The number of Topliss-reactive ketones (excluding diaryl/α,β-unsaturated/α-hetero) is 1. The highest BCUT2D eigenvalue weighted by Gasteiger charge is 2.61. The minimum Gasteiger partial charge on any atom is -0.417 e. The van der Waals surface area contributed by atoms with E-state index in [0.717, 1.165) is 45.1 Å². The summed E-state index contributed by atoms with van der Waals surface area (Å²) < 4.78 is 6.56. The first-order chi connectivity index (χ1) is 12.6. The Balaban J connectivity index is 1.74. The van der Waals surface area contributed by atoms with Crippen molar-refractivity contribution < 1.29 is 14.0 Å². The SMILES string of the molecule is CC1CC(=O)C=C2CC[C@@H]3[C@@H](CC[C@]4(C)C(=O)CC[C@@H]34)[C@]21CO[Si](C)(C)C. The first kappa shape index (κ1) is 19.6. The fraction of sp³-hybridized carbons (Fsp3) is 0.826. The summed E-state index contributed by atoms with van der Waals surface area (Å²) in [6.45, 7) is 12.1. The van der Waals surface area contributed by atoms with Crippen molar-refractivity contribution in [3.8, 4) is 0 Å². The van der Waals surface area contributed by atoms with Crippen LogP contribution in [-0.2, 0) is 14.0 Å². The molecule has 0 radical (unpaired) electrons. The Bertz CT molecular complexity index is 690. The number of fused-ring (bicyclic) bond motifs is 5. The zero-order valence-electron chi connectivity index (χ0n) is 17.8. The van der Waals surface area contributed by atoms with Gasteiger partial charge < -0.3 is 4.43 Å². The fourth-order valence-corrected chi connectivity index (χ4v) is 7.87. The summed E-state index contributed by atoms with van der Waals surface area (Å²) in [5.41, 5.74) is 1.31. The maximum atomic E-state index is 12.7. The third-order valence-electron chi connectivity index (χ3n) is 8.62. The Labute approximate surface area is 165 Å². The number of rotatable bonds is 3. The maximum Gasteiger partial charge on any atom is 0.183 e. The molecule has 0 N–H and O–H groups in total. The van der Waals surface area contributed by atoms with E-state index in [1.807, 2.05) is 6.08 Å². The first-order valence-corrected chi connectivity index (χ1v) is 14.4. The number of carbonyl (C=O) groups excluding carboxylic acids is 2. The lowest BCUT2D eigenvalue weighted by Crippen LogP contribution is -2.56. The van der Waals surface area contributed by atoms with Crippen molar-refractivity contribution in [2.24, 2.45) is 34.5 Å². The van der Waals surface area contributed by atoms with Gasteiger partial charge in [-0.15, -0.1) is 0 Å². The van der Waals surface area contributed by atoms with Crippen LogP contribution in [0.15, 0.2) is 11.6 Å². The molecule has 4 rings (SSSR count). The average Bonchev–Trinajstić information content (AvgIpc) is 2.88. The molecule has 6 atom stereocenters. The van der Waals surface area contributed by atoms with Gasteiger partial charge in [0.25, 0.3) is 0 Å². The van der Waals surface area contributed by atoms with Gasteiger partial charge in [0.2, 0.25) is 0 Å². The number of hydrogen-bond acceptors (Lipinski definition) is 3. The summed E-state index contributed by atoms with van der Waals surface area (Å²) in [4.78, 5) is 25.0. The molecule has 0 aromatic heterocycles. The molecule has 3 nitrogen and oxygen atoms in total. The van der Waals surface area contributed by atoms with Crippen molar-refractivity contribution in [3.05, 3.63) is 11.6 Å². The lowest BCUT2D eigenvalue weighted by molar-refractivity contribution is -0.136. The fourth-order valence-electron chi connectivity index (χ4n) is 7.20. The van der Waals surface area contributed by atoms with Crippen LogP contribution in [0.5, 0.6) is 0 Å². The van der Waals surface area contributed by atoms with Crippen LogP contribution in [0, 0.1) is 34.5 Å². The predicted octanol–water partition coefficient (Wildman–Crippen LogP) is 5.17. The topological polar surface area (TPSA) is 43.4 Å². The summed E-state index contributed by atoms with van der Waals surface area (Å²) in [5.74, 6) is 2.88. The van der Waals surface area contributed by atoms with Crippen LogP contribution in [-0.4, -0.2) is 26.5 Å². The molecular weight excluding hydrogens is 352 g/mol. The molecule has 27 heavy (non-hydrogen) atoms. The lowest BCUT2D eigenvalue weighted by Gasteiger charge is -2.60. The molecule has 0 saturated heterocycles. The molecule has 4 aliphatic rings. The number of ketones is 2. The Morgan fingerprint density at radius 1 is 1.11 bits per heavy atom. The maximum absolute atomic E-state index is 12.7. The molecular formula is C23H36O3Si. The summed E-state index contributed by atoms with van der Waals surface area (Å²) in [7, 11) is -1.64. The van der Waals surface area contributed by atoms with Gasteiger partial charge in [-0.1, -0.05) is 19.4 Å². The van der Waals surface area contributed by atoms with Crippen molar-refractivity contribution in [3.63, 3.8) is 0 Å². The highest BCUT2D eigenvalue weighted by molar-refractivity contribution is 6.69. The first-order valence-electron chi connectivity index (χ1n) is 11.0. The molecule has 4 heteroatoms. The van der Waals surface area contributed by atoms with Gasteiger partial charge in [0, 0.05) is 30.3 Å². The molecule has 3 saturated carbocycles. The van der Waals surface area contributed by atoms with E-state index in [2.05, 4.69) is 33.5 Å². The largest absolute Gasteiger partial charge is 0.417 e. The summed E-state index contributed by atoms with van der Waals surface area (Å²) in [6, 6.07) is 0. The monoisotopic (exact) mass is 388 g/mol. The third kappa shape index (κ3) is 2.93. The molecule has 0 aromatic carbocycles. The van der Waals surface area contributed by atoms with E-state index in [1.54, 1.807) is 0 Å². The van der Waals surface area contributed by atoms with Gasteiger partial charge >= 0.3 is 0 Å². The van der Waals surface area contributed by atoms with Gasteiger partial charge in [-0.3, -0.25) is 9.59 Å². The molecule has 1 unspecified atom stereocenters. The quantitative estimate of drug-likeness (QED) is 0.627. The molecule has 0 amide bonds. The van der Waals surface area contributed by atoms with Gasteiger partial charge in [0.15, 0.2) is 14.1 Å². The molecule has 0 bridgehead atoms. The Morgan fingerprint density at radius 2 is 1.85 bits per heavy atom. The molecule has 150 valence electrons. The highest BCUT2D eigenvalue weighted by Crippen LogP contribution is 2.65. The van der Waals surface area contributed by atoms with Crippen LogP contribution in [0.1, 0.15) is 58.8 Å². The summed E-state index contributed by atoms with van der Waals surface area (Å²) >= 11 is 0. The highest BCUT2D eigenvalue weighted by atomic mass is 28.4. The zero-order chi connectivity index (χ0) is 19.6. The van der Waals surface area contributed by atoms with E-state index < -0.39 is 8.32 Å². The average molecular weight is 389 g/mol. The second-order valence-electron chi connectivity index (χ2n) is 11.0. The molecule has 0 aromatic rings. The second kappa shape index (κ2) is 6.38. The van der Waals surface area contributed by atoms with Crippen molar-refractivity contribution in [2.75, 3.05) is 6.61 Å². The second-order valence-corrected chi connectivity index (χ2v) is 15.5. The van der Waals surface area contributed by atoms with E-state index in [0.29, 0.717) is 41.7 Å². The van der Waals surface area contributed by atoms with Crippen LogP contribution < -0.4 is 0 Å². The zero-order valence-corrected chi connectivity index (χ0v) is 18.8. The van der Waals surface area contributed by atoms with Crippen LogP contribution in [0.3, 0.4) is 0 Å². The Kier molecular flexibility index (Phi) is 4.63. The van der Waals surface area contributed by atoms with Crippen molar-refractivity contribution >= 4 is 19.9 Å². The molecule has 0 heterocycles.